The van der Waals surface area contributed by atoms with Crippen LogP contribution < -0.4 is 5.56 Å². The molecule has 0 saturated carbocycles. The van der Waals surface area contributed by atoms with Crippen molar-refractivity contribution in [3.05, 3.63) is 32.7 Å². The summed E-state index contributed by atoms with van der Waals surface area (Å²) in [6.07, 6.45) is 0. The topological polar surface area (TPSA) is 76.2 Å². The first-order valence-electron chi connectivity index (χ1n) is 5.31. The monoisotopic (exact) mass is 237 g/mol. The third-order valence-corrected chi connectivity index (χ3v) is 2.48. The van der Waals surface area contributed by atoms with Crippen molar-refractivity contribution in [2.75, 3.05) is 6.61 Å². The van der Waals surface area contributed by atoms with Gasteiger partial charge in [-0.25, -0.2) is 4.79 Å². The predicted octanol–water partition coefficient (Wildman–Crippen LogP) is 1.37. The van der Waals surface area contributed by atoms with Crippen LogP contribution in [-0.2, 0) is 4.74 Å². The van der Waals surface area contributed by atoms with Gasteiger partial charge in [0.15, 0.2) is 5.78 Å². The van der Waals surface area contributed by atoms with Crippen molar-refractivity contribution in [1.82, 2.24) is 4.98 Å². The highest BCUT2D eigenvalue weighted by Crippen LogP contribution is 2.14. The molecule has 0 radical (unpaired) electrons. The molecule has 0 bridgehead atoms. The molecule has 0 unspecified atom stereocenters. The summed E-state index contributed by atoms with van der Waals surface area (Å²) in [6, 6.07) is 0. The molecule has 0 spiro atoms. The lowest BCUT2D eigenvalue weighted by atomic mass is 10.00. The number of H-pyrrole nitrogens is 1. The highest BCUT2D eigenvalue weighted by molar-refractivity contribution is 6.00. The van der Waals surface area contributed by atoms with Crippen molar-refractivity contribution < 1.29 is 14.3 Å². The standard InChI is InChI=1S/C12H15NO4/c1-5-17-12(16)10-6(2)9(8(4)14)7(3)13-11(10)15/h5H2,1-4H3,(H,13,15). The van der Waals surface area contributed by atoms with E-state index in [9.17, 15) is 14.4 Å². The minimum atomic E-state index is -0.700. The minimum absolute atomic E-state index is 0.0948. The molecule has 1 aromatic heterocycles. The van der Waals surface area contributed by atoms with Gasteiger partial charge < -0.3 is 9.72 Å². The van der Waals surface area contributed by atoms with Crippen molar-refractivity contribution >= 4 is 11.8 Å². The molecule has 0 aliphatic carbocycles. The molecular formula is C12H15NO4. The van der Waals surface area contributed by atoms with Gasteiger partial charge in [0.2, 0.25) is 0 Å². The average molecular weight is 237 g/mol. The van der Waals surface area contributed by atoms with Gasteiger partial charge in [-0.1, -0.05) is 0 Å². The second-order valence-electron chi connectivity index (χ2n) is 3.73. The molecule has 0 fully saturated rings. The number of aromatic amines is 1. The Morgan fingerprint density at radius 2 is 1.82 bits per heavy atom. The molecule has 0 aromatic carbocycles. The average Bonchev–Trinajstić information content (AvgIpc) is 2.15. The number of esters is 1. The fraction of sp³-hybridized carbons (Fsp3) is 0.417. The van der Waals surface area contributed by atoms with Crippen LogP contribution in [-0.4, -0.2) is 23.3 Å². The molecule has 0 amide bonds. The van der Waals surface area contributed by atoms with Crippen LogP contribution in [0, 0.1) is 13.8 Å². The van der Waals surface area contributed by atoms with Crippen LogP contribution in [0.5, 0.6) is 0 Å². The molecule has 0 aliphatic heterocycles. The number of nitrogens with one attached hydrogen (secondary N) is 1. The first kappa shape index (κ1) is 13.2. The lowest BCUT2D eigenvalue weighted by Gasteiger charge is -2.10. The zero-order valence-corrected chi connectivity index (χ0v) is 10.3. The first-order chi connectivity index (χ1) is 7.90. The van der Waals surface area contributed by atoms with Gasteiger partial charge in [-0.2, -0.15) is 0 Å². The molecule has 1 rings (SSSR count). The highest BCUT2D eigenvalue weighted by Gasteiger charge is 2.21. The zero-order chi connectivity index (χ0) is 13.2. The number of hydrogen-bond donors (Lipinski definition) is 1. The van der Waals surface area contributed by atoms with E-state index in [1.165, 1.54) is 6.92 Å². The van der Waals surface area contributed by atoms with E-state index in [0.29, 0.717) is 16.8 Å². The van der Waals surface area contributed by atoms with Crippen molar-refractivity contribution in [3.8, 4) is 0 Å². The number of aromatic nitrogens is 1. The molecule has 5 heteroatoms. The Morgan fingerprint density at radius 3 is 2.29 bits per heavy atom. The van der Waals surface area contributed by atoms with Gasteiger partial charge in [0.25, 0.3) is 5.56 Å². The highest BCUT2D eigenvalue weighted by atomic mass is 16.5. The number of rotatable bonds is 3. The second-order valence-corrected chi connectivity index (χ2v) is 3.73. The number of aryl methyl sites for hydroxylation is 1. The largest absolute Gasteiger partial charge is 0.462 e. The van der Waals surface area contributed by atoms with Crippen molar-refractivity contribution in [1.29, 1.82) is 0 Å². The fourth-order valence-electron chi connectivity index (χ4n) is 1.85. The van der Waals surface area contributed by atoms with Gasteiger partial charge in [-0.05, 0) is 33.3 Å². The second kappa shape index (κ2) is 4.95. The van der Waals surface area contributed by atoms with Gasteiger partial charge in [-0.3, -0.25) is 9.59 Å². The Morgan fingerprint density at radius 1 is 1.24 bits per heavy atom. The summed E-state index contributed by atoms with van der Waals surface area (Å²) in [4.78, 5) is 37.3. The summed E-state index contributed by atoms with van der Waals surface area (Å²) in [7, 11) is 0. The number of Topliss-reactive ketones (excluding diaryl/α,β-unsaturated/α-hetero) is 1. The van der Waals surface area contributed by atoms with Gasteiger partial charge in [0.1, 0.15) is 5.56 Å². The summed E-state index contributed by atoms with van der Waals surface area (Å²) in [5.74, 6) is -0.893. The van der Waals surface area contributed by atoms with Crippen LogP contribution in [0.2, 0.25) is 0 Å². The summed E-state index contributed by atoms with van der Waals surface area (Å²) in [5, 5.41) is 0. The van der Waals surface area contributed by atoms with E-state index >= 15 is 0 Å². The Labute approximate surface area is 98.8 Å². The van der Waals surface area contributed by atoms with E-state index in [1.54, 1.807) is 20.8 Å². The first-order valence-corrected chi connectivity index (χ1v) is 5.31. The van der Waals surface area contributed by atoms with E-state index in [1.807, 2.05) is 0 Å². The zero-order valence-electron chi connectivity index (χ0n) is 10.3. The maximum atomic E-state index is 11.7. The summed E-state index contributed by atoms with van der Waals surface area (Å²) in [6.45, 7) is 6.43. The number of ether oxygens (including phenoxy) is 1. The SMILES string of the molecule is CCOC(=O)c1c(C)c(C(C)=O)c(C)[nH]c1=O. The van der Waals surface area contributed by atoms with Crippen LogP contribution >= 0.6 is 0 Å². The lowest BCUT2D eigenvalue weighted by Crippen LogP contribution is -2.25. The normalized spacial score (nSPS) is 10.1. The fourth-order valence-corrected chi connectivity index (χ4v) is 1.85. The molecule has 1 heterocycles. The molecule has 1 aromatic rings. The van der Waals surface area contributed by atoms with E-state index in [2.05, 4.69) is 4.98 Å². The van der Waals surface area contributed by atoms with E-state index in [-0.39, 0.29) is 18.0 Å². The number of ketones is 1. The molecule has 0 saturated heterocycles. The molecule has 92 valence electrons. The molecule has 5 nitrogen and oxygen atoms in total. The maximum absolute atomic E-state index is 11.7. The van der Waals surface area contributed by atoms with Crippen LogP contribution in [0.15, 0.2) is 4.79 Å². The number of hydrogen-bond acceptors (Lipinski definition) is 4. The third kappa shape index (κ3) is 2.43. The van der Waals surface area contributed by atoms with E-state index in [4.69, 9.17) is 4.74 Å². The Kier molecular flexibility index (Phi) is 3.83. The maximum Gasteiger partial charge on any atom is 0.344 e. The van der Waals surface area contributed by atoms with Crippen molar-refractivity contribution in [3.63, 3.8) is 0 Å². The van der Waals surface area contributed by atoms with Crippen LogP contribution in [0.3, 0.4) is 0 Å². The molecular weight excluding hydrogens is 222 g/mol. The van der Waals surface area contributed by atoms with Crippen LogP contribution in [0.25, 0.3) is 0 Å². The van der Waals surface area contributed by atoms with Crippen LogP contribution in [0.4, 0.5) is 0 Å². The Bertz CT molecular complexity index is 528. The van der Waals surface area contributed by atoms with Crippen LogP contribution in [0.1, 0.15) is 45.8 Å². The summed E-state index contributed by atoms with van der Waals surface area (Å²) < 4.78 is 4.79. The molecule has 0 atom stereocenters. The quantitative estimate of drug-likeness (QED) is 0.636. The third-order valence-electron chi connectivity index (χ3n) is 2.48. The smallest absolute Gasteiger partial charge is 0.344 e. The summed E-state index contributed by atoms with van der Waals surface area (Å²) >= 11 is 0. The molecule has 0 aliphatic rings. The molecule has 17 heavy (non-hydrogen) atoms. The minimum Gasteiger partial charge on any atom is -0.462 e. The number of pyridine rings is 1. The lowest BCUT2D eigenvalue weighted by molar-refractivity contribution is 0.0523. The van der Waals surface area contributed by atoms with Gasteiger partial charge in [0, 0.05) is 11.3 Å². The van der Waals surface area contributed by atoms with Crippen molar-refractivity contribution in [2.45, 2.75) is 27.7 Å². The predicted molar refractivity (Wildman–Crippen MR) is 62.5 cm³/mol. The number of carbonyl (C=O) groups is 2. The van der Waals surface area contributed by atoms with E-state index < -0.39 is 11.5 Å². The molecule has 1 N–H and O–H groups in total. The van der Waals surface area contributed by atoms with Crippen molar-refractivity contribution in [2.24, 2.45) is 0 Å². The van der Waals surface area contributed by atoms with Gasteiger partial charge in [-0.15, -0.1) is 0 Å². The summed E-state index contributed by atoms with van der Waals surface area (Å²) in [5.41, 5.74) is 0.587. The van der Waals surface area contributed by atoms with Gasteiger partial charge in [0.05, 0.1) is 6.61 Å². The number of carbonyl (C=O) groups excluding carboxylic acids is 2. The van der Waals surface area contributed by atoms with E-state index in [0.717, 1.165) is 0 Å². The Hall–Kier alpha value is -1.91. The Balaban J connectivity index is 3.52. The van der Waals surface area contributed by atoms with Gasteiger partial charge >= 0.3 is 5.97 Å².